The Morgan fingerprint density at radius 2 is 0.703 bits per heavy atom. The van der Waals surface area contributed by atoms with Gasteiger partial charge in [-0.15, -0.1) is 0 Å². The highest BCUT2D eigenvalue weighted by molar-refractivity contribution is 5.35. The van der Waals surface area contributed by atoms with E-state index in [2.05, 4.69) is 137 Å². The zero-order valence-electron chi connectivity index (χ0n) is 42.7. The molecule has 9 fully saturated rings. The maximum atomic E-state index is 4.71. The van der Waals surface area contributed by atoms with Crippen LogP contribution in [0.4, 0.5) is 0 Å². The summed E-state index contributed by atoms with van der Waals surface area (Å²) >= 11 is 0. The first-order valence-electron chi connectivity index (χ1n) is 27.5. The summed E-state index contributed by atoms with van der Waals surface area (Å²) < 4.78 is 0. The van der Waals surface area contributed by atoms with E-state index in [1.54, 1.807) is 11.1 Å². The molecule has 20 unspecified atom stereocenters. The molecule has 64 heavy (non-hydrogen) atoms. The molecule has 0 radical (unpaired) electrons. The van der Waals surface area contributed by atoms with Gasteiger partial charge in [0.25, 0.3) is 0 Å². The van der Waals surface area contributed by atoms with Gasteiger partial charge < -0.3 is 21.3 Å². The summed E-state index contributed by atoms with van der Waals surface area (Å²) in [5, 5.41) is 18.7. The highest BCUT2D eigenvalue weighted by Gasteiger charge is 2.63. The number of rotatable bonds is 2. The van der Waals surface area contributed by atoms with Gasteiger partial charge in [0, 0.05) is 60.2 Å². The summed E-state index contributed by atoms with van der Waals surface area (Å²) in [6.07, 6.45) is 16.7. The van der Waals surface area contributed by atoms with Crippen molar-refractivity contribution < 1.29 is 0 Å². The van der Waals surface area contributed by atoms with Gasteiger partial charge in [0.15, 0.2) is 0 Å². The predicted molar refractivity (Wildman–Crippen MR) is 268 cm³/mol. The van der Waals surface area contributed by atoms with Crippen molar-refractivity contribution in [1.29, 1.82) is 0 Å². The minimum atomic E-state index is 0.157. The van der Waals surface area contributed by atoms with E-state index in [9.17, 15) is 0 Å². The van der Waals surface area contributed by atoms with Crippen LogP contribution in [0.2, 0.25) is 0 Å². The largest absolute Gasteiger partial charge is 0.311 e. The lowest BCUT2D eigenvalue weighted by Gasteiger charge is -2.44. The van der Waals surface area contributed by atoms with E-state index in [1.165, 1.54) is 88.2 Å². The minimum Gasteiger partial charge on any atom is -0.311 e. The van der Waals surface area contributed by atoms with Gasteiger partial charge >= 0.3 is 0 Å². The summed E-state index contributed by atoms with van der Waals surface area (Å²) in [6, 6.07) is 24.9. The Balaban J connectivity index is 1.01. The fourth-order valence-electron chi connectivity index (χ4n) is 18.2. The van der Waals surface area contributed by atoms with Crippen molar-refractivity contribution in [1.82, 2.24) is 21.3 Å². The Labute approximate surface area is 391 Å². The van der Waals surface area contributed by atoms with E-state index >= 15 is 0 Å². The zero-order valence-corrected chi connectivity index (χ0v) is 42.7. The Bertz CT molecular complexity index is 1830. The molecule has 4 N–H and O–H groups in total. The van der Waals surface area contributed by atoms with Crippen molar-refractivity contribution >= 4 is 0 Å². The number of fused-ring (bicyclic) bond motifs is 14. The van der Waals surface area contributed by atoms with E-state index < -0.39 is 0 Å². The van der Waals surface area contributed by atoms with Gasteiger partial charge in [-0.1, -0.05) is 132 Å². The smallest absolute Gasteiger partial charge is 0.0157 e. The van der Waals surface area contributed by atoms with Gasteiger partial charge in [-0.05, 0) is 180 Å². The lowest BCUT2D eigenvalue weighted by Crippen LogP contribution is -2.54. The first-order chi connectivity index (χ1) is 30.2. The molecule has 0 spiro atoms. The van der Waals surface area contributed by atoms with Crippen LogP contribution in [-0.4, -0.2) is 48.3 Å². The van der Waals surface area contributed by atoms with Gasteiger partial charge in [0.05, 0.1) is 0 Å². The molecule has 20 atom stereocenters. The van der Waals surface area contributed by atoms with Crippen LogP contribution in [0.5, 0.6) is 0 Å². The van der Waals surface area contributed by atoms with E-state index in [-0.39, 0.29) is 10.8 Å². The van der Waals surface area contributed by atoms with Crippen LogP contribution >= 0.6 is 0 Å². The monoisotopic (exact) mass is 869 g/mol. The molecule has 352 valence electrons. The van der Waals surface area contributed by atoms with Crippen molar-refractivity contribution in [3.05, 3.63) is 70.8 Å². The molecule has 5 heterocycles. The highest BCUT2D eigenvalue weighted by atomic mass is 15.1. The number of hydrogen-bond acceptors (Lipinski definition) is 4. The second kappa shape index (κ2) is 15.9. The maximum Gasteiger partial charge on any atom is 0.0157 e. The van der Waals surface area contributed by atoms with Crippen molar-refractivity contribution in [2.45, 2.75) is 231 Å². The fourth-order valence-corrected chi connectivity index (χ4v) is 18.2. The Hall–Kier alpha value is -1.72. The van der Waals surface area contributed by atoms with Crippen molar-refractivity contribution in [2.24, 2.45) is 70.0 Å². The van der Waals surface area contributed by atoms with E-state index in [0.29, 0.717) is 71.0 Å². The van der Waals surface area contributed by atoms with Crippen molar-refractivity contribution in [3.63, 3.8) is 0 Å². The predicted octanol–water partition coefficient (Wildman–Crippen LogP) is 12.5. The molecule has 4 saturated carbocycles. The van der Waals surface area contributed by atoms with Crippen LogP contribution in [0.1, 0.15) is 194 Å². The van der Waals surface area contributed by atoms with Gasteiger partial charge in [-0.2, -0.15) is 0 Å². The summed E-state index contributed by atoms with van der Waals surface area (Å²) in [7, 11) is 0. The van der Waals surface area contributed by atoms with E-state index in [4.69, 9.17) is 16.0 Å². The SMILES string of the molecule is CC(C)(C)c1ccc(C2C3CCC(N3)C(c3ccc(C(C)(C)C)cc3)C3CC4C5CC(C(C)(C)C)CCC5C(C5CCC(N5)C5C6CCC(C(C)(C)C)CC6C6CC2NC65)C4N3)cc1. The molecule has 4 nitrogen and oxygen atoms in total. The molecular formula is C60H92N4. The number of hydrogen-bond donors (Lipinski definition) is 4. The summed E-state index contributed by atoms with van der Waals surface area (Å²) in [6.45, 7) is 29.6. The summed E-state index contributed by atoms with van der Waals surface area (Å²) in [4.78, 5) is 0. The van der Waals surface area contributed by atoms with Crippen LogP contribution < -0.4 is 21.3 Å². The normalized spacial score (nSPS) is 45.4. The Morgan fingerprint density at radius 1 is 0.344 bits per heavy atom. The second-order valence-corrected chi connectivity index (χ2v) is 28.7. The van der Waals surface area contributed by atoms with Gasteiger partial charge in [-0.25, -0.2) is 0 Å². The highest BCUT2D eigenvalue weighted by Crippen LogP contribution is 2.62. The Kier molecular flexibility index (Phi) is 11.1. The molecule has 2 aromatic rings. The number of benzene rings is 2. The van der Waals surface area contributed by atoms with E-state index in [1.807, 2.05) is 0 Å². The molecule has 4 heteroatoms. The quantitative estimate of drug-likeness (QED) is 0.243. The summed E-state index contributed by atoms with van der Waals surface area (Å²) in [5.41, 5.74) is 7.18. The molecule has 8 bridgehead atoms. The second-order valence-electron chi connectivity index (χ2n) is 28.7. The lowest BCUT2D eigenvalue weighted by atomic mass is 9.63. The first-order valence-corrected chi connectivity index (χ1v) is 27.5. The molecule has 0 amide bonds. The summed E-state index contributed by atoms with van der Waals surface area (Å²) in [5.74, 6) is 9.26. The van der Waals surface area contributed by atoms with E-state index in [0.717, 1.165) is 59.2 Å². The average molecular weight is 869 g/mol. The fraction of sp³-hybridized carbons (Fsp3) is 0.800. The zero-order chi connectivity index (χ0) is 44.8. The van der Waals surface area contributed by atoms with Crippen LogP contribution in [-0.2, 0) is 10.8 Å². The van der Waals surface area contributed by atoms with Crippen LogP contribution in [0.25, 0.3) is 0 Å². The van der Waals surface area contributed by atoms with Gasteiger partial charge in [0.2, 0.25) is 0 Å². The number of nitrogens with one attached hydrogen (secondary N) is 4. The molecule has 4 aliphatic carbocycles. The molecule has 2 aromatic carbocycles. The van der Waals surface area contributed by atoms with Crippen molar-refractivity contribution in [3.8, 4) is 0 Å². The third-order valence-corrected chi connectivity index (χ3v) is 21.5. The third-order valence-electron chi connectivity index (χ3n) is 21.5. The molecule has 5 aliphatic heterocycles. The third kappa shape index (κ3) is 7.66. The lowest BCUT2D eigenvalue weighted by molar-refractivity contribution is 0.0688. The standard InChI is InChI=1S/C60H92N4/c1-57(2,3)35-17-13-33(14-18-35)51-45-25-26-46(61-45)52(34-15-19-36(20-16-34)58(4,5)6)50-32-44-42-30-38(60(10,11)12)22-24-40(42)54(56(44)64-50)48-28-27-47(62-48)53-39-23-21-37(59(7,8)9)29-41(39)43-31-49(51)63-55(43)53/h13-20,37-56,61-64H,21-32H2,1-12H3. The van der Waals surface area contributed by atoms with Crippen LogP contribution in [0.15, 0.2) is 48.5 Å². The molecular weight excluding hydrogens is 777 g/mol. The Morgan fingerprint density at radius 3 is 1.06 bits per heavy atom. The molecule has 9 aliphatic rings. The van der Waals surface area contributed by atoms with Crippen LogP contribution in [0, 0.1) is 70.0 Å². The molecule has 5 saturated heterocycles. The molecule has 0 aromatic heterocycles. The average Bonchev–Trinajstić information content (AvgIpc) is 4.09. The van der Waals surface area contributed by atoms with Crippen molar-refractivity contribution in [2.75, 3.05) is 0 Å². The van der Waals surface area contributed by atoms with Crippen LogP contribution in [0.3, 0.4) is 0 Å². The molecule has 11 rings (SSSR count). The minimum absolute atomic E-state index is 0.157. The van der Waals surface area contributed by atoms with Gasteiger partial charge in [0.1, 0.15) is 0 Å². The maximum absolute atomic E-state index is 4.71. The topological polar surface area (TPSA) is 48.1 Å². The van der Waals surface area contributed by atoms with Gasteiger partial charge in [-0.3, -0.25) is 0 Å². The first kappa shape index (κ1) is 44.8.